The fourth-order valence-electron chi connectivity index (χ4n) is 3.96. The SMILES string of the molecule is OCCOc1ncc(F)cc1[C@H]1CCCN1c1nc2c(-c3cnc[nH]3)cnn2cc1F. The van der Waals surface area contributed by atoms with Crippen molar-refractivity contribution >= 4 is 11.5 Å². The van der Waals surface area contributed by atoms with Gasteiger partial charge in [0.25, 0.3) is 0 Å². The molecule has 0 amide bonds. The lowest BCUT2D eigenvalue weighted by molar-refractivity contribution is 0.194. The number of anilines is 1. The lowest BCUT2D eigenvalue weighted by atomic mass is 10.1. The quantitative estimate of drug-likeness (QED) is 0.487. The zero-order valence-corrected chi connectivity index (χ0v) is 16.4. The van der Waals surface area contributed by atoms with Gasteiger partial charge in [-0.3, -0.25) is 0 Å². The second kappa shape index (κ2) is 7.91. The van der Waals surface area contributed by atoms with Crippen molar-refractivity contribution in [3.05, 3.63) is 54.4 Å². The van der Waals surface area contributed by atoms with Crippen LogP contribution in [0.5, 0.6) is 5.88 Å². The maximum atomic E-state index is 15.1. The van der Waals surface area contributed by atoms with Crippen LogP contribution in [0.2, 0.25) is 0 Å². The Morgan fingerprint density at radius 2 is 2.16 bits per heavy atom. The standard InChI is InChI=1S/C20H19F2N7O2/c21-12-6-13(20(24-7-12)31-5-4-30)17-2-1-3-28(17)19-15(22)10-29-18(27-19)14(8-26-29)16-9-23-11-25-16/h6-11,17,30H,1-5H2,(H,23,25)/t17-/m1/s1. The summed E-state index contributed by atoms with van der Waals surface area (Å²) in [6, 6.07) is 0.966. The molecule has 1 aliphatic heterocycles. The van der Waals surface area contributed by atoms with E-state index in [4.69, 9.17) is 9.84 Å². The minimum atomic E-state index is -0.541. The van der Waals surface area contributed by atoms with Crippen LogP contribution in [0.25, 0.3) is 16.9 Å². The minimum Gasteiger partial charge on any atom is -0.475 e. The number of halogens is 2. The van der Waals surface area contributed by atoms with Crippen LogP contribution >= 0.6 is 0 Å². The van der Waals surface area contributed by atoms with E-state index in [1.807, 2.05) is 0 Å². The lowest BCUT2D eigenvalue weighted by Gasteiger charge is -2.27. The highest BCUT2D eigenvalue weighted by molar-refractivity contribution is 5.75. The molecule has 1 fully saturated rings. The Morgan fingerprint density at radius 1 is 1.26 bits per heavy atom. The number of aliphatic hydroxyl groups excluding tert-OH is 1. The van der Waals surface area contributed by atoms with Gasteiger partial charge < -0.3 is 19.7 Å². The molecule has 1 aliphatic rings. The molecule has 5 heterocycles. The van der Waals surface area contributed by atoms with Crippen molar-refractivity contribution in [3.8, 4) is 17.1 Å². The Labute approximate surface area is 175 Å². The first kappa shape index (κ1) is 19.4. The fraction of sp³-hybridized carbons (Fsp3) is 0.300. The van der Waals surface area contributed by atoms with Gasteiger partial charge in [0.2, 0.25) is 5.88 Å². The van der Waals surface area contributed by atoms with Crippen LogP contribution < -0.4 is 9.64 Å². The number of imidazole rings is 1. The summed E-state index contributed by atoms with van der Waals surface area (Å²) in [5.74, 6) is -0.690. The summed E-state index contributed by atoms with van der Waals surface area (Å²) in [6.45, 7) is 0.367. The molecular formula is C20H19F2N7O2. The molecule has 4 aromatic rings. The monoisotopic (exact) mass is 427 g/mol. The van der Waals surface area contributed by atoms with Crippen LogP contribution in [0.4, 0.5) is 14.6 Å². The number of pyridine rings is 1. The summed E-state index contributed by atoms with van der Waals surface area (Å²) in [5.41, 5.74) is 2.37. The first-order chi connectivity index (χ1) is 15.2. The molecule has 9 nitrogen and oxygen atoms in total. The van der Waals surface area contributed by atoms with E-state index in [-0.39, 0.29) is 31.0 Å². The van der Waals surface area contributed by atoms with E-state index in [2.05, 4.69) is 25.0 Å². The van der Waals surface area contributed by atoms with Gasteiger partial charge in [0.05, 0.1) is 55.0 Å². The second-order valence-electron chi connectivity index (χ2n) is 7.18. The molecular weight excluding hydrogens is 408 g/mol. The molecule has 0 aromatic carbocycles. The predicted octanol–water partition coefficient (Wildman–Crippen LogP) is 2.51. The molecule has 0 unspecified atom stereocenters. The number of H-pyrrole nitrogens is 1. The van der Waals surface area contributed by atoms with Crippen molar-refractivity contribution in [3.63, 3.8) is 0 Å². The van der Waals surface area contributed by atoms with Gasteiger partial charge in [0, 0.05) is 12.1 Å². The third-order valence-corrected chi connectivity index (χ3v) is 5.28. The summed E-state index contributed by atoms with van der Waals surface area (Å²) in [4.78, 5) is 17.4. The highest BCUT2D eigenvalue weighted by Gasteiger charge is 2.33. The Hall–Kier alpha value is -3.60. The van der Waals surface area contributed by atoms with Crippen molar-refractivity contribution in [1.82, 2.24) is 29.5 Å². The van der Waals surface area contributed by atoms with Crippen LogP contribution in [0, 0.1) is 11.6 Å². The van der Waals surface area contributed by atoms with E-state index in [9.17, 15) is 4.39 Å². The molecule has 0 radical (unpaired) electrons. The summed E-state index contributed by atoms with van der Waals surface area (Å²) in [7, 11) is 0. The van der Waals surface area contributed by atoms with Gasteiger partial charge in [-0.2, -0.15) is 5.10 Å². The zero-order valence-electron chi connectivity index (χ0n) is 16.4. The number of aliphatic hydroxyl groups is 1. The molecule has 0 spiro atoms. The van der Waals surface area contributed by atoms with Crippen LogP contribution in [-0.2, 0) is 0 Å². The summed E-state index contributed by atoms with van der Waals surface area (Å²) < 4.78 is 35.9. The average Bonchev–Trinajstić information content (AvgIpc) is 3.52. The molecule has 0 bridgehead atoms. The number of fused-ring (bicyclic) bond motifs is 1. The molecule has 5 rings (SSSR count). The fourth-order valence-corrected chi connectivity index (χ4v) is 3.96. The maximum absolute atomic E-state index is 15.1. The van der Waals surface area contributed by atoms with Crippen molar-refractivity contribution < 1.29 is 18.6 Å². The summed E-state index contributed by atoms with van der Waals surface area (Å²) >= 11 is 0. The molecule has 160 valence electrons. The molecule has 1 atom stereocenters. The van der Waals surface area contributed by atoms with Gasteiger partial charge in [0.15, 0.2) is 17.3 Å². The van der Waals surface area contributed by atoms with Gasteiger partial charge in [-0.05, 0) is 18.9 Å². The molecule has 1 saturated heterocycles. The molecule has 11 heteroatoms. The first-order valence-electron chi connectivity index (χ1n) is 9.84. The third kappa shape index (κ3) is 3.46. The predicted molar refractivity (Wildman–Crippen MR) is 107 cm³/mol. The largest absolute Gasteiger partial charge is 0.475 e. The highest BCUT2D eigenvalue weighted by atomic mass is 19.1. The van der Waals surface area contributed by atoms with Gasteiger partial charge >= 0.3 is 0 Å². The van der Waals surface area contributed by atoms with Gasteiger partial charge in [-0.25, -0.2) is 28.2 Å². The second-order valence-corrected chi connectivity index (χ2v) is 7.18. The van der Waals surface area contributed by atoms with Crippen LogP contribution in [0.3, 0.4) is 0 Å². The number of hydrogen-bond acceptors (Lipinski definition) is 7. The summed E-state index contributed by atoms with van der Waals surface area (Å²) in [5, 5.41) is 13.3. The van der Waals surface area contributed by atoms with Crippen molar-refractivity contribution in [1.29, 1.82) is 0 Å². The maximum Gasteiger partial charge on any atom is 0.218 e. The van der Waals surface area contributed by atoms with E-state index in [1.165, 1.54) is 16.8 Å². The van der Waals surface area contributed by atoms with Crippen LogP contribution in [0.1, 0.15) is 24.4 Å². The number of hydrogen-bond donors (Lipinski definition) is 2. The smallest absolute Gasteiger partial charge is 0.218 e. The van der Waals surface area contributed by atoms with E-state index < -0.39 is 11.6 Å². The van der Waals surface area contributed by atoms with Gasteiger partial charge in [-0.1, -0.05) is 0 Å². The minimum absolute atomic E-state index is 0.0281. The van der Waals surface area contributed by atoms with E-state index in [1.54, 1.807) is 23.6 Å². The van der Waals surface area contributed by atoms with E-state index >= 15 is 4.39 Å². The molecule has 0 aliphatic carbocycles. The van der Waals surface area contributed by atoms with Crippen molar-refractivity contribution in [2.75, 3.05) is 24.7 Å². The van der Waals surface area contributed by atoms with Crippen molar-refractivity contribution in [2.45, 2.75) is 18.9 Å². The number of rotatable bonds is 6. The Morgan fingerprint density at radius 3 is 2.97 bits per heavy atom. The van der Waals surface area contributed by atoms with Crippen LogP contribution in [-0.4, -0.2) is 54.4 Å². The number of nitrogens with zero attached hydrogens (tertiary/aromatic N) is 6. The molecule has 31 heavy (non-hydrogen) atoms. The number of ether oxygens (including phenoxy) is 1. The van der Waals surface area contributed by atoms with Gasteiger partial charge in [-0.15, -0.1) is 0 Å². The molecule has 0 saturated carbocycles. The third-order valence-electron chi connectivity index (χ3n) is 5.28. The first-order valence-corrected chi connectivity index (χ1v) is 9.84. The summed E-state index contributed by atoms with van der Waals surface area (Å²) in [6.07, 6.45) is 8.54. The lowest BCUT2D eigenvalue weighted by Crippen LogP contribution is -2.26. The number of nitrogens with one attached hydrogen (secondary N) is 1. The normalized spacial score (nSPS) is 16.4. The zero-order chi connectivity index (χ0) is 21.4. The Balaban J connectivity index is 1.58. The topological polar surface area (TPSA) is 104 Å². The van der Waals surface area contributed by atoms with E-state index in [0.29, 0.717) is 35.4 Å². The van der Waals surface area contributed by atoms with Crippen LogP contribution in [0.15, 0.2) is 37.2 Å². The molecule has 2 N–H and O–H groups in total. The highest BCUT2D eigenvalue weighted by Crippen LogP contribution is 2.40. The van der Waals surface area contributed by atoms with Crippen molar-refractivity contribution in [2.24, 2.45) is 0 Å². The Kier molecular flexibility index (Phi) is 4.94. The molecule has 4 aromatic heterocycles. The number of aromatic amines is 1. The Bertz CT molecular complexity index is 1210. The average molecular weight is 427 g/mol. The van der Waals surface area contributed by atoms with E-state index in [0.717, 1.165) is 12.6 Å². The number of aromatic nitrogens is 6. The van der Waals surface area contributed by atoms with Gasteiger partial charge in [0.1, 0.15) is 12.4 Å².